The van der Waals surface area contributed by atoms with Crippen molar-refractivity contribution in [1.29, 1.82) is 0 Å². The molecule has 0 aromatic heterocycles. The lowest BCUT2D eigenvalue weighted by Crippen LogP contribution is -2.56. The Hall–Kier alpha value is -1.87. The van der Waals surface area contributed by atoms with Gasteiger partial charge >= 0.3 is 6.18 Å². The lowest BCUT2D eigenvalue weighted by molar-refractivity contribution is -0.140. The summed E-state index contributed by atoms with van der Waals surface area (Å²) in [6.07, 6.45) is -0.912. The predicted octanol–water partition coefficient (Wildman–Crippen LogP) is 3.12. The number of carbonyl (C=O) groups excluding carboxylic acids is 1. The van der Waals surface area contributed by atoms with Gasteiger partial charge in [-0.25, -0.2) is 4.39 Å². The van der Waals surface area contributed by atoms with Crippen LogP contribution in [-0.2, 0) is 11.0 Å². The molecule has 2 aliphatic heterocycles. The Bertz CT molecular complexity index is 827. The monoisotopic (exact) mass is 443 g/mol. The van der Waals surface area contributed by atoms with Crippen LogP contribution in [0.3, 0.4) is 0 Å². The summed E-state index contributed by atoms with van der Waals surface area (Å²) in [6, 6.07) is 2.24. The molecule has 31 heavy (non-hydrogen) atoms. The van der Waals surface area contributed by atoms with Crippen LogP contribution in [0, 0.1) is 11.2 Å². The number of amides is 1. The van der Waals surface area contributed by atoms with Gasteiger partial charge in [-0.3, -0.25) is 4.79 Å². The van der Waals surface area contributed by atoms with Crippen LogP contribution in [0.15, 0.2) is 18.2 Å². The van der Waals surface area contributed by atoms with E-state index in [0.29, 0.717) is 26.2 Å². The van der Waals surface area contributed by atoms with E-state index in [9.17, 15) is 27.5 Å². The number of alkyl halides is 3. The van der Waals surface area contributed by atoms with E-state index in [2.05, 4.69) is 4.90 Å². The van der Waals surface area contributed by atoms with E-state index < -0.39 is 23.6 Å². The first-order chi connectivity index (χ1) is 14.6. The Morgan fingerprint density at radius 1 is 1.13 bits per heavy atom. The highest BCUT2D eigenvalue weighted by Gasteiger charge is 2.51. The van der Waals surface area contributed by atoms with Crippen LogP contribution in [0.5, 0.6) is 0 Å². The van der Waals surface area contributed by atoms with Gasteiger partial charge in [-0.15, -0.1) is 0 Å². The summed E-state index contributed by atoms with van der Waals surface area (Å²) in [5.74, 6) is -1.44. The molecule has 1 aromatic carbocycles. The SMILES string of the molecule is C[C@@H]1C(=O)N(CCCN2CCC3(CC3)[C@H](O)C2)CCN1c1ccc(C(F)(F)F)c(F)c1. The van der Waals surface area contributed by atoms with Crippen molar-refractivity contribution < 1.29 is 27.5 Å². The zero-order valence-corrected chi connectivity index (χ0v) is 17.7. The molecule has 2 heterocycles. The summed E-state index contributed by atoms with van der Waals surface area (Å²) in [4.78, 5) is 18.5. The third-order valence-electron chi connectivity index (χ3n) is 7.20. The Labute approximate surface area is 179 Å². The molecule has 0 unspecified atom stereocenters. The number of carbonyl (C=O) groups is 1. The van der Waals surface area contributed by atoms with Crippen LogP contribution in [0.25, 0.3) is 0 Å². The maximum atomic E-state index is 14.0. The van der Waals surface area contributed by atoms with Crippen molar-refractivity contribution >= 4 is 11.6 Å². The molecule has 1 aliphatic carbocycles. The van der Waals surface area contributed by atoms with Gasteiger partial charge in [0, 0.05) is 31.9 Å². The molecule has 1 N–H and O–H groups in total. The fourth-order valence-corrected chi connectivity index (χ4v) is 4.93. The number of piperidine rings is 1. The minimum Gasteiger partial charge on any atom is -0.391 e. The van der Waals surface area contributed by atoms with Crippen molar-refractivity contribution in [2.45, 2.75) is 50.9 Å². The molecule has 2 saturated heterocycles. The van der Waals surface area contributed by atoms with Crippen molar-refractivity contribution in [1.82, 2.24) is 9.80 Å². The fourth-order valence-electron chi connectivity index (χ4n) is 4.93. The Morgan fingerprint density at radius 2 is 1.87 bits per heavy atom. The quantitative estimate of drug-likeness (QED) is 0.711. The normalized spacial score (nSPS) is 26.6. The summed E-state index contributed by atoms with van der Waals surface area (Å²) in [7, 11) is 0. The number of anilines is 1. The number of rotatable bonds is 5. The van der Waals surface area contributed by atoms with Crippen LogP contribution in [0.4, 0.5) is 23.2 Å². The van der Waals surface area contributed by atoms with Crippen molar-refractivity contribution in [3.8, 4) is 0 Å². The minimum atomic E-state index is -4.74. The number of aliphatic hydroxyl groups excluding tert-OH is 1. The molecule has 3 fully saturated rings. The molecule has 1 aromatic rings. The lowest BCUT2D eigenvalue weighted by Gasteiger charge is -2.41. The van der Waals surface area contributed by atoms with Crippen molar-refractivity contribution in [2.24, 2.45) is 5.41 Å². The largest absolute Gasteiger partial charge is 0.419 e. The topological polar surface area (TPSA) is 47.0 Å². The first kappa shape index (κ1) is 22.3. The molecule has 3 aliphatic rings. The van der Waals surface area contributed by atoms with Gasteiger partial charge in [-0.2, -0.15) is 13.2 Å². The molecule has 0 radical (unpaired) electrons. The smallest absolute Gasteiger partial charge is 0.391 e. The second kappa shape index (κ2) is 8.24. The van der Waals surface area contributed by atoms with Crippen LogP contribution >= 0.6 is 0 Å². The predicted molar refractivity (Wildman–Crippen MR) is 108 cm³/mol. The number of hydrogen-bond acceptors (Lipinski definition) is 4. The van der Waals surface area contributed by atoms with Crippen LogP contribution in [0.1, 0.15) is 38.2 Å². The third-order valence-corrected chi connectivity index (χ3v) is 7.20. The summed E-state index contributed by atoms with van der Waals surface area (Å²) < 4.78 is 52.3. The molecule has 172 valence electrons. The number of benzene rings is 1. The number of β-amino-alcohol motifs (C(OH)–C–C–N with tert-alkyl or cyclic N) is 1. The Morgan fingerprint density at radius 3 is 2.48 bits per heavy atom. The summed E-state index contributed by atoms with van der Waals surface area (Å²) in [6.45, 7) is 5.65. The number of hydrogen-bond donors (Lipinski definition) is 1. The number of halogens is 4. The van der Waals surface area contributed by atoms with Gasteiger partial charge < -0.3 is 19.8 Å². The zero-order chi connectivity index (χ0) is 22.4. The molecule has 1 amide bonds. The number of likely N-dealkylation sites (tertiary alicyclic amines) is 1. The van der Waals surface area contributed by atoms with Crippen LogP contribution < -0.4 is 4.90 Å². The molecule has 1 spiro atoms. The zero-order valence-electron chi connectivity index (χ0n) is 17.7. The Balaban J connectivity index is 1.29. The number of piperazine rings is 1. The summed E-state index contributed by atoms with van der Waals surface area (Å²) in [5.41, 5.74) is -0.845. The van der Waals surface area contributed by atoms with E-state index in [1.807, 2.05) is 0 Å². The number of nitrogens with zero attached hydrogens (tertiary/aromatic N) is 3. The van der Waals surface area contributed by atoms with Crippen molar-refractivity contribution in [2.75, 3.05) is 44.2 Å². The van der Waals surface area contributed by atoms with Gasteiger partial charge in [0.1, 0.15) is 11.9 Å². The van der Waals surface area contributed by atoms with E-state index in [4.69, 9.17) is 0 Å². The van der Waals surface area contributed by atoms with Gasteiger partial charge in [0.15, 0.2) is 0 Å². The molecule has 0 bridgehead atoms. The van der Waals surface area contributed by atoms with E-state index in [0.717, 1.165) is 50.9 Å². The van der Waals surface area contributed by atoms with Gasteiger partial charge in [0.2, 0.25) is 5.91 Å². The molecule has 2 atom stereocenters. The standard InChI is InChI=1S/C22H29F4N3O2/c1-15-20(31)28(9-2-8-27-10-7-21(5-6-21)19(30)14-27)11-12-29(15)16-3-4-17(18(23)13-16)22(24,25)26/h3-4,13,15,19,30H,2,5-12,14H2,1H3/t15-,19-/m1/s1. The van der Waals surface area contributed by atoms with Gasteiger partial charge in [0.05, 0.1) is 11.7 Å². The highest BCUT2D eigenvalue weighted by atomic mass is 19.4. The summed E-state index contributed by atoms with van der Waals surface area (Å²) >= 11 is 0. The van der Waals surface area contributed by atoms with Gasteiger partial charge in [0.25, 0.3) is 0 Å². The van der Waals surface area contributed by atoms with E-state index in [-0.39, 0.29) is 23.1 Å². The molecule has 1 saturated carbocycles. The van der Waals surface area contributed by atoms with Gasteiger partial charge in [-0.1, -0.05) is 0 Å². The van der Waals surface area contributed by atoms with E-state index >= 15 is 0 Å². The van der Waals surface area contributed by atoms with Crippen LogP contribution in [0.2, 0.25) is 0 Å². The highest BCUT2D eigenvalue weighted by Crippen LogP contribution is 2.53. The maximum absolute atomic E-state index is 14.0. The van der Waals surface area contributed by atoms with Crippen LogP contribution in [-0.4, -0.2) is 72.2 Å². The Kier molecular flexibility index (Phi) is 5.93. The average molecular weight is 443 g/mol. The maximum Gasteiger partial charge on any atom is 0.419 e. The highest BCUT2D eigenvalue weighted by molar-refractivity contribution is 5.86. The first-order valence-corrected chi connectivity index (χ1v) is 10.9. The third kappa shape index (κ3) is 4.53. The number of aliphatic hydroxyl groups is 1. The lowest BCUT2D eigenvalue weighted by atomic mass is 9.90. The molecule has 5 nitrogen and oxygen atoms in total. The van der Waals surface area contributed by atoms with E-state index in [1.54, 1.807) is 16.7 Å². The molecular formula is C22H29F4N3O2. The second-order valence-corrected chi connectivity index (χ2v) is 9.14. The molecule has 4 rings (SSSR count). The van der Waals surface area contributed by atoms with E-state index in [1.165, 1.54) is 6.07 Å². The minimum absolute atomic E-state index is 0.109. The summed E-state index contributed by atoms with van der Waals surface area (Å²) in [5, 5.41) is 10.3. The second-order valence-electron chi connectivity index (χ2n) is 9.14. The van der Waals surface area contributed by atoms with Gasteiger partial charge in [-0.05, 0) is 69.3 Å². The molecule has 9 heteroatoms. The van der Waals surface area contributed by atoms with Crippen molar-refractivity contribution in [3.63, 3.8) is 0 Å². The average Bonchev–Trinajstić information content (AvgIpc) is 3.48. The molecular weight excluding hydrogens is 414 g/mol. The first-order valence-electron chi connectivity index (χ1n) is 10.9. The van der Waals surface area contributed by atoms with Crippen molar-refractivity contribution in [3.05, 3.63) is 29.6 Å². The fraction of sp³-hybridized carbons (Fsp3) is 0.682.